The van der Waals surface area contributed by atoms with Crippen molar-refractivity contribution in [2.24, 2.45) is 5.73 Å². The molecule has 3 N–H and O–H groups in total. The van der Waals surface area contributed by atoms with Crippen LogP contribution in [0.4, 0.5) is 0 Å². The molecule has 0 unspecified atom stereocenters. The van der Waals surface area contributed by atoms with Crippen molar-refractivity contribution in [1.82, 2.24) is 5.32 Å². The normalized spacial score (nSPS) is 13.9. The zero-order valence-corrected chi connectivity index (χ0v) is 11.2. The van der Waals surface area contributed by atoms with Crippen LogP contribution in [0.2, 0.25) is 0 Å². The molecular weight excluding hydrogens is 228 g/mol. The van der Waals surface area contributed by atoms with E-state index in [1.165, 1.54) is 5.56 Å². The molecule has 0 bridgehead atoms. The Labute approximate surface area is 108 Å². The molecule has 1 aliphatic heterocycles. The van der Waals surface area contributed by atoms with E-state index in [0.717, 1.165) is 37.4 Å². The second-order valence-corrected chi connectivity index (χ2v) is 5.43. The average molecular weight is 250 g/mol. The van der Waals surface area contributed by atoms with Crippen molar-refractivity contribution in [3.8, 4) is 11.5 Å². The highest BCUT2D eigenvalue weighted by atomic mass is 16.7. The van der Waals surface area contributed by atoms with Crippen molar-refractivity contribution in [2.75, 3.05) is 19.9 Å². The van der Waals surface area contributed by atoms with E-state index in [0.29, 0.717) is 6.79 Å². The minimum absolute atomic E-state index is 0.0915. The van der Waals surface area contributed by atoms with Gasteiger partial charge in [-0.3, -0.25) is 0 Å². The number of nitrogens with one attached hydrogen (secondary N) is 1. The predicted molar refractivity (Wildman–Crippen MR) is 72.0 cm³/mol. The molecule has 0 saturated heterocycles. The van der Waals surface area contributed by atoms with Crippen LogP contribution < -0.4 is 20.5 Å². The van der Waals surface area contributed by atoms with E-state index in [-0.39, 0.29) is 5.54 Å². The second-order valence-electron chi connectivity index (χ2n) is 5.43. The number of hydrogen-bond donors (Lipinski definition) is 2. The van der Waals surface area contributed by atoms with E-state index in [2.05, 4.69) is 17.4 Å². The summed E-state index contributed by atoms with van der Waals surface area (Å²) in [4.78, 5) is 0. The lowest BCUT2D eigenvalue weighted by molar-refractivity contribution is 0.174. The van der Waals surface area contributed by atoms with Crippen LogP contribution in [-0.2, 0) is 6.42 Å². The lowest BCUT2D eigenvalue weighted by Crippen LogP contribution is -2.36. The molecule has 0 spiro atoms. The van der Waals surface area contributed by atoms with Gasteiger partial charge in [-0.2, -0.15) is 0 Å². The quantitative estimate of drug-likeness (QED) is 0.754. The fraction of sp³-hybridized carbons (Fsp3) is 0.571. The zero-order chi connectivity index (χ0) is 13.0. The first-order valence-electron chi connectivity index (χ1n) is 6.43. The van der Waals surface area contributed by atoms with E-state index in [1.54, 1.807) is 0 Å². The van der Waals surface area contributed by atoms with Gasteiger partial charge >= 0.3 is 0 Å². The summed E-state index contributed by atoms with van der Waals surface area (Å²) in [5.41, 5.74) is 7.09. The number of hydrogen-bond acceptors (Lipinski definition) is 4. The molecule has 1 aliphatic rings. The van der Waals surface area contributed by atoms with Crippen LogP contribution in [0.5, 0.6) is 11.5 Å². The summed E-state index contributed by atoms with van der Waals surface area (Å²) >= 11 is 0. The van der Waals surface area contributed by atoms with Crippen LogP contribution in [0.25, 0.3) is 0 Å². The smallest absolute Gasteiger partial charge is 0.231 e. The predicted octanol–water partition coefficient (Wildman–Crippen LogP) is 1.67. The van der Waals surface area contributed by atoms with Gasteiger partial charge in [0, 0.05) is 5.54 Å². The Hall–Kier alpha value is -1.26. The Morgan fingerprint density at radius 2 is 2.00 bits per heavy atom. The maximum atomic E-state index is 5.92. The highest BCUT2D eigenvalue weighted by molar-refractivity contribution is 5.44. The summed E-state index contributed by atoms with van der Waals surface area (Å²) in [7, 11) is 0. The Morgan fingerprint density at radius 3 is 2.78 bits per heavy atom. The highest BCUT2D eigenvalue weighted by Crippen LogP contribution is 2.32. The van der Waals surface area contributed by atoms with Gasteiger partial charge < -0.3 is 20.5 Å². The van der Waals surface area contributed by atoms with Crippen LogP contribution in [0.3, 0.4) is 0 Å². The summed E-state index contributed by atoms with van der Waals surface area (Å²) in [6.45, 7) is 6.34. The van der Waals surface area contributed by atoms with Gasteiger partial charge in [-0.1, -0.05) is 6.07 Å². The molecular formula is C14H22N2O2. The van der Waals surface area contributed by atoms with Gasteiger partial charge in [0.05, 0.1) is 0 Å². The van der Waals surface area contributed by atoms with Crippen molar-refractivity contribution < 1.29 is 9.47 Å². The van der Waals surface area contributed by atoms with Gasteiger partial charge in [0.25, 0.3) is 0 Å². The third-order valence-corrected chi connectivity index (χ3v) is 2.97. The molecule has 0 atom stereocenters. The van der Waals surface area contributed by atoms with Gasteiger partial charge in [-0.25, -0.2) is 0 Å². The Balaban J connectivity index is 1.71. The molecule has 1 heterocycles. The maximum absolute atomic E-state index is 5.92. The first-order chi connectivity index (χ1) is 8.54. The summed E-state index contributed by atoms with van der Waals surface area (Å²) in [5, 5.41) is 3.41. The van der Waals surface area contributed by atoms with Gasteiger partial charge in [0.2, 0.25) is 6.79 Å². The van der Waals surface area contributed by atoms with Crippen molar-refractivity contribution >= 4 is 0 Å². The molecule has 4 nitrogen and oxygen atoms in total. The van der Waals surface area contributed by atoms with Gasteiger partial charge in [-0.05, 0) is 57.5 Å². The zero-order valence-electron chi connectivity index (χ0n) is 11.2. The molecule has 0 radical (unpaired) electrons. The van der Waals surface area contributed by atoms with E-state index >= 15 is 0 Å². The highest BCUT2D eigenvalue weighted by Gasteiger charge is 2.13. The number of benzene rings is 1. The number of nitrogens with two attached hydrogens (primary N) is 1. The average Bonchev–Trinajstić information content (AvgIpc) is 2.74. The largest absolute Gasteiger partial charge is 0.454 e. The van der Waals surface area contributed by atoms with Crippen molar-refractivity contribution in [3.63, 3.8) is 0 Å². The fourth-order valence-electron chi connectivity index (χ4n) is 1.86. The molecule has 18 heavy (non-hydrogen) atoms. The van der Waals surface area contributed by atoms with Crippen LogP contribution in [0, 0.1) is 0 Å². The first-order valence-corrected chi connectivity index (χ1v) is 6.43. The lowest BCUT2D eigenvalue weighted by Gasteiger charge is -2.18. The Kier molecular flexibility index (Phi) is 4.09. The minimum atomic E-state index is -0.0915. The number of rotatable bonds is 6. The topological polar surface area (TPSA) is 56.5 Å². The Bertz CT molecular complexity index is 399. The minimum Gasteiger partial charge on any atom is -0.454 e. The molecule has 0 aromatic heterocycles. The first kappa shape index (κ1) is 13.2. The molecule has 1 aromatic carbocycles. The molecule has 0 amide bonds. The standard InChI is InChI=1S/C14H22N2O2/c1-14(2,15)6-8-16-7-5-11-3-4-12-13(9-11)18-10-17-12/h3-4,9,16H,5-8,10,15H2,1-2H3. The van der Waals surface area contributed by atoms with Crippen LogP contribution >= 0.6 is 0 Å². The van der Waals surface area contributed by atoms with E-state index in [9.17, 15) is 0 Å². The van der Waals surface area contributed by atoms with Crippen molar-refractivity contribution in [3.05, 3.63) is 23.8 Å². The van der Waals surface area contributed by atoms with E-state index in [4.69, 9.17) is 15.2 Å². The molecule has 4 heteroatoms. The lowest BCUT2D eigenvalue weighted by atomic mass is 10.0. The second kappa shape index (κ2) is 5.59. The summed E-state index contributed by atoms with van der Waals surface area (Å²) in [6, 6.07) is 6.11. The summed E-state index contributed by atoms with van der Waals surface area (Å²) in [5.74, 6) is 1.70. The molecule has 0 saturated carbocycles. The van der Waals surface area contributed by atoms with Crippen molar-refractivity contribution in [2.45, 2.75) is 32.2 Å². The molecule has 100 valence electrons. The SMILES string of the molecule is CC(C)(N)CCNCCc1ccc2c(c1)OCO2. The van der Waals surface area contributed by atoms with Gasteiger partial charge in [-0.15, -0.1) is 0 Å². The number of ether oxygens (including phenoxy) is 2. The summed E-state index contributed by atoms with van der Waals surface area (Å²) in [6.07, 6.45) is 1.97. The number of fused-ring (bicyclic) bond motifs is 1. The third-order valence-electron chi connectivity index (χ3n) is 2.97. The van der Waals surface area contributed by atoms with E-state index < -0.39 is 0 Å². The molecule has 2 rings (SSSR count). The monoisotopic (exact) mass is 250 g/mol. The summed E-state index contributed by atoms with van der Waals surface area (Å²) < 4.78 is 10.6. The van der Waals surface area contributed by atoms with Crippen LogP contribution in [-0.4, -0.2) is 25.4 Å². The van der Waals surface area contributed by atoms with Gasteiger partial charge in [0.1, 0.15) is 0 Å². The Morgan fingerprint density at radius 1 is 1.22 bits per heavy atom. The molecule has 0 fully saturated rings. The van der Waals surface area contributed by atoms with Crippen molar-refractivity contribution in [1.29, 1.82) is 0 Å². The molecule has 1 aromatic rings. The van der Waals surface area contributed by atoms with E-state index in [1.807, 2.05) is 19.9 Å². The third kappa shape index (κ3) is 3.89. The maximum Gasteiger partial charge on any atom is 0.231 e. The van der Waals surface area contributed by atoms with Crippen LogP contribution in [0.1, 0.15) is 25.8 Å². The van der Waals surface area contributed by atoms with Gasteiger partial charge in [0.15, 0.2) is 11.5 Å². The molecule has 0 aliphatic carbocycles. The fourth-order valence-corrected chi connectivity index (χ4v) is 1.86. The van der Waals surface area contributed by atoms with Crippen LogP contribution in [0.15, 0.2) is 18.2 Å².